The van der Waals surface area contributed by atoms with Gasteiger partial charge in [-0.25, -0.2) is 0 Å². The van der Waals surface area contributed by atoms with Crippen LogP contribution in [0.3, 0.4) is 0 Å². The summed E-state index contributed by atoms with van der Waals surface area (Å²) in [4.78, 5) is 3.22. The van der Waals surface area contributed by atoms with E-state index in [1.807, 2.05) is 25.1 Å². The Hall–Kier alpha value is -1.48. The Balaban J connectivity index is 2.41. The highest BCUT2D eigenvalue weighted by Gasteiger charge is 2.06. The van der Waals surface area contributed by atoms with Gasteiger partial charge in [0.15, 0.2) is 5.88 Å². The van der Waals surface area contributed by atoms with Gasteiger partial charge in [-0.2, -0.15) is 0 Å². The molecule has 0 unspecified atom stereocenters. The van der Waals surface area contributed by atoms with Crippen molar-refractivity contribution in [3.05, 3.63) is 29.8 Å². The van der Waals surface area contributed by atoms with Gasteiger partial charge in [-0.15, -0.1) is 0 Å². The second-order valence-electron chi connectivity index (χ2n) is 3.26. The van der Waals surface area contributed by atoms with Crippen molar-refractivity contribution in [1.29, 1.82) is 0 Å². The van der Waals surface area contributed by atoms with Crippen LogP contribution in [0.25, 0.3) is 10.9 Å². The Bertz CT molecular complexity index is 434. The number of nitrogens with two attached hydrogens (primary N) is 1. The molecule has 0 radical (unpaired) electrons. The largest absolute Gasteiger partial charge is 0.477 e. The molecule has 0 atom stereocenters. The van der Waals surface area contributed by atoms with E-state index < -0.39 is 0 Å². The van der Waals surface area contributed by atoms with Gasteiger partial charge in [-0.3, -0.25) is 0 Å². The molecule has 0 saturated carbocycles. The Morgan fingerprint density at radius 3 is 2.86 bits per heavy atom. The van der Waals surface area contributed by atoms with Crippen LogP contribution in [-0.2, 0) is 0 Å². The van der Waals surface area contributed by atoms with E-state index in [0.29, 0.717) is 13.2 Å². The summed E-state index contributed by atoms with van der Waals surface area (Å²) >= 11 is 0. The van der Waals surface area contributed by atoms with Crippen LogP contribution in [0, 0.1) is 6.92 Å². The molecule has 0 spiro atoms. The lowest BCUT2D eigenvalue weighted by atomic mass is 10.2. The molecule has 1 aromatic heterocycles. The predicted molar refractivity (Wildman–Crippen MR) is 57.6 cm³/mol. The van der Waals surface area contributed by atoms with Crippen LogP contribution in [0.1, 0.15) is 5.56 Å². The zero-order valence-electron chi connectivity index (χ0n) is 8.21. The zero-order chi connectivity index (χ0) is 9.97. The van der Waals surface area contributed by atoms with Crippen LogP contribution in [-0.4, -0.2) is 18.1 Å². The van der Waals surface area contributed by atoms with Crippen molar-refractivity contribution < 1.29 is 4.74 Å². The monoisotopic (exact) mass is 190 g/mol. The highest BCUT2D eigenvalue weighted by atomic mass is 16.5. The number of benzene rings is 1. The number of fused-ring (bicyclic) bond motifs is 1. The second-order valence-corrected chi connectivity index (χ2v) is 3.26. The summed E-state index contributed by atoms with van der Waals surface area (Å²) in [6, 6.07) is 8.15. The fourth-order valence-electron chi connectivity index (χ4n) is 1.56. The molecule has 0 amide bonds. The number of hydrogen-bond donors (Lipinski definition) is 2. The first-order chi connectivity index (χ1) is 6.83. The lowest BCUT2D eigenvalue weighted by molar-refractivity contribution is 0.316. The minimum atomic E-state index is 0.537. The van der Waals surface area contributed by atoms with E-state index in [0.717, 1.165) is 17.0 Å². The van der Waals surface area contributed by atoms with Gasteiger partial charge in [0, 0.05) is 23.0 Å². The summed E-state index contributed by atoms with van der Waals surface area (Å²) in [6.45, 7) is 3.13. The molecule has 0 bridgehead atoms. The Labute approximate surface area is 82.9 Å². The Morgan fingerprint density at radius 1 is 1.36 bits per heavy atom. The summed E-state index contributed by atoms with van der Waals surface area (Å²) < 4.78 is 5.49. The van der Waals surface area contributed by atoms with Gasteiger partial charge in [-0.1, -0.05) is 18.2 Å². The normalized spacial score (nSPS) is 10.7. The molecule has 1 heterocycles. The molecule has 0 aliphatic heterocycles. The Morgan fingerprint density at radius 2 is 2.14 bits per heavy atom. The number of aromatic nitrogens is 1. The molecule has 14 heavy (non-hydrogen) atoms. The summed E-state index contributed by atoms with van der Waals surface area (Å²) in [5.41, 5.74) is 7.64. The summed E-state index contributed by atoms with van der Waals surface area (Å²) in [7, 11) is 0. The standard InChI is InChI=1S/C11H14N2O/c1-8-9-4-2-3-5-10(9)13-11(8)14-7-6-12/h2-5,13H,6-7,12H2,1H3. The van der Waals surface area contributed by atoms with Crippen molar-refractivity contribution in [2.24, 2.45) is 5.73 Å². The van der Waals surface area contributed by atoms with E-state index in [1.54, 1.807) is 0 Å². The van der Waals surface area contributed by atoms with Crippen molar-refractivity contribution in [2.75, 3.05) is 13.2 Å². The average Bonchev–Trinajstić information content (AvgIpc) is 2.54. The molecule has 2 aromatic rings. The lowest BCUT2D eigenvalue weighted by Gasteiger charge is -2.01. The van der Waals surface area contributed by atoms with Crippen molar-refractivity contribution in [1.82, 2.24) is 4.98 Å². The molecule has 3 N–H and O–H groups in total. The highest BCUT2D eigenvalue weighted by molar-refractivity contribution is 5.85. The SMILES string of the molecule is Cc1c(OCCN)[nH]c2ccccc12. The molecule has 3 heteroatoms. The molecule has 3 nitrogen and oxygen atoms in total. The van der Waals surface area contributed by atoms with Crippen LogP contribution in [0.4, 0.5) is 0 Å². The van der Waals surface area contributed by atoms with Gasteiger partial charge >= 0.3 is 0 Å². The Kier molecular flexibility index (Phi) is 2.41. The molecule has 0 aliphatic carbocycles. The molecular weight excluding hydrogens is 176 g/mol. The first-order valence-corrected chi connectivity index (χ1v) is 4.73. The maximum Gasteiger partial charge on any atom is 0.194 e. The first kappa shape index (κ1) is 9.09. The number of nitrogens with one attached hydrogen (secondary N) is 1. The van der Waals surface area contributed by atoms with Gasteiger partial charge < -0.3 is 15.5 Å². The number of aromatic amines is 1. The minimum Gasteiger partial charge on any atom is -0.477 e. The van der Waals surface area contributed by atoms with E-state index in [2.05, 4.69) is 11.1 Å². The van der Waals surface area contributed by atoms with Gasteiger partial charge in [0.05, 0.1) is 0 Å². The maximum atomic E-state index is 5.49. The van der Waals surface area contributed by atoms with Crippen molar-refractivity contribution in [2.45, 2.75) is 6.92 Å². The third-order valence-corrected chi connectivity index (χ3v) is 2.28. The number of hydrogen-bond acceptors (Lipinski definition) is 2. The molecule has 1 aromatic carbocycles. The van der Waals surface area contributed by atoms with Crippen molar-refractivity contribution in [3.8, 4) is 5.88 Å². The fraction of sp³-hybridized carbons (Fsp3) is 0.273. The number of H-pyrrole nitrogens is 1. The van der Waals surface area contributed by atoms with E-state index in [-0.39, 0.29) is 0 Å². The van der Waals surface area contributed by atoms with E-state index in [4.69, 9.17) is 10.5 Å². The third kappa shape index (κ3) is 1.46. The smallest absolute Gasteiger partial charge is 0.194 e. The lowest BCUT2D eigenvalue weighted by Crippen LogP contribution is -2.11. The second kappa shape index (κ2) is 3.72. The van der Waals surface area contributed by atoms with Gasteiger partial charge in [0.2, 0.25) is 0 Å². The topological polar surface area (TPSA) is 51.0 Å². The van der Waals surface area contributed by atoms with Gasteiger partial charge in [-0.05, 0) is 13.0 Å². The highest BCUT2D eigenvalue weighted by Crippen LogP contribution is 2.26. The number of ether oxygens (including phenoxy) is 1. The number of rotatable bonds is 3. The van der Waals surface area contributed by atoms with Crippen LogP contribution in [0.5, 0.6) is 5.88 Å². The van der Waals surface area contributed by atoms with Crippen LogP contribution in [0.15, 0.2) is 24.3 Å². The van der Waals surface area contributed by atoms with Crippen LogP contribution in [0.2, 0.25) is 0 Å². The van der Waals surface area contributed by atoms with Crippen molar-refractivity contribution >= 4 is 10.9 Å². The summed E-state index contributed by atoms with van der Waals surface area (Å²) in [5, 5.41) is 1.21. The van der Waals surface area contributed by atoms with Crippen LogP contribution >= 0.6 is 0 Å². The molecule has 0 fully saturated rings. The molecule has 0 saturated heterocycles. The zero-order valence-corrected chi connectivity index (χ0v) is 8.21. The molecule has 0 aliphatic rings. The number of para-hydroxylation sites is 1. The average molecular weight is 190 g/mol. The molecular formula is C11H14N2O. The molecule has 74 valence electrons. The quantitative estimate of drug-likeness (QED) is 0.775. The van der Waals surface area contributed by atoms with Gasteiger partial charge in [0.1, 0.15) is 6.61 Å². The van der Waals surface area contributed by atoms with Gasteiger partial charge in [0.25, 0.3) is 0 Å². The summed E-state index contributed by atoms with van der Waals surface area (Å²) in [6.07, 6.45) is 0. The minimum absolute atomic E-state index is 0.537. The first-order valence-electron chi connectivity index (χ1n) is 4.73. The molecule has 2 rings (SSSR count). The maximum absolute atomic E-state index is 5.49. The van der Waals surface area contributed by atoms with E-state index in [9.17, 15) is 0 Å². The predicted octanol–water partition coefficient (Wildman–Crippen LogP) is 1.81. The van der Waals surface area contributed by atoms with E-state index >= 15 is 0 Å². The summed E-state index contributed by atoms with van der Waals surface area (Å²) in [5.74, 6) is 0.830. The number of aryl methyl sites for hydroxylation is 1. The van der Waals surface area contributed by atoms with Crippen molar-refractivity contribution in [3.63, 3.8) is 0 Å². The fourth-order valence-corrected chi connectivity index (χ4v) is 1.56. The third-order valence-electron chi connectivity index (χ3n) is 2.28. The van der Waals surface area contributed by atoms with Crippen LogP contribution < -0.4 is 10.5 Å². The van der Waals surface area contributed by atoms with E-state index in [1.165, 1.54) is 5.39 Å².